The molecule has 0 aromatic rings. The van der Waals surface area contributed by atoms with Crippen LogP contribution in [0.3, 0.4) is 0 Å². The summed E-state index contributed by atoms with van der Waals surface area (Å²) < 4.78 is 18.6. The highest BCUT2D eigenvalue weighted by atomic mass is 28.4. The smallest absolute Gasteiger partial charge is 0.374 e. The molecule has 0 aromatic heterocycles. The minimum absolute atomic E-state index is 0.234. The first-order valence-corrected chi connectivity index (χ1v) is 12.4. The van der Waals surface area contributed by atoms with E-state index in [9.17, 15) is 0 Å². The second-order valence-electron chi connectivity index (χ2n) is 7.83. The van der Waals surface area contributed by atoms with Gasteiger partial charge < -0.3 is 23.1 Å². The third-order valence-corrected chi connectivity index (χ3v) is 8.43. The van der Waals surface area contributed by atoms with Gasteiger partial charge in [-0.25, -0.2) is 0 Å². The number of nitrogens with zero attached hydrogens (tertiary/aromatic N) is 2. The number of rotatable bonds is 17. The van der Waals surface area contributed by atoms with Crippen molar-refractivity contribution in [3.8, 4) is 0 Å². The summed E-state index contributed by atoms with van der Waals surface area (Å²) in [6.45, 7) is 12.7. The summed E-state index contributed by atoms with van der Waals surface area (Å²) in [5, 5.41) is 0. The molecule has 0 aromatic carbocycles. The molecule has 5 nitrogen and oxygen atoms in total. The predicted octanol–water partition coefficient (Wildman–Crippen LogP) is 4.11. The predicted molar refractivity (Wildman–Crippen MR) is 114 cm³/mol. The van der Waals surface area contributed by atoms with E-state index in [0.717, 1.165) is 25.6 Å². The van der Waals surface area contributed by atoms with Gasteiger partial charge in [0.15, 0.2) is 0 Å². The van der Waals surface area contributed by atoms with Crippen LogP contribution in [0, 0.1) is 5.41 Å². The van der Waals surface area contributed by atoms with Crippen LogP contribution in [-0.4, -0.2) is 79.7 Å². The van der Waals surface area contributed by atoms with Crippen LogP contribution in [0.4, 0.5) is 0 Å². The maximum Gasteiger partial charge on any atom is 0.501 e. The van der Waals surface area contributed by atoms with Crippen molar-refractivity contribution in [3.05, 3.63) is 0 Å². The van der Waals surface area contributed by atoms with Crippen LogP contribution >= 0.6 is 0 Å². The monoisotopic (exact) mass is 390 g/mol. The molecule has 26 heavy (non-hydrogen) atoms. The van der Waals surface area contributed by atoms with Crippen molar-refractivity contribution in [2.45, 2.75) is 65.8 Å². The second kappa shape index (κ2) is 14.1. The minimum atomic E-state index is -2.63. The van der Waals surface area contributed by atoms with Gasteiger partial charge >= 0.3 is 8.80 Å². The van der Waals surface area contributed by atoms with Gasteiger partial charge in [0.25, 0.3) is 0 Å². The first kappa shape index (κ1) is 26.0. The SMILES string of the molecule is CCO[Si](CC(CC)(CCCN(C)C)CCCN(C)C)(OCC)OCC. The molecular weight excluding hydrogens is 344 g/mol. The van der Waals surface area contributed by atoms with Gasteiger partial charge in [-0.1, -0.05) is 13.3 Å². The molecule has 0 amide bonds. The lowest BCUT2D eigenvalue weighted by Gasteiger charge is -2.40. The molecule has 0 saturated heterocycles. The van der Waals surface area contributed by atoms with E-state index in [0.29, 0.717) is 19.8 Å². The van der Waals surface area contributed by atoms with E-state index in [-0.39, 0.29) is 5.41 Å². The molecule has 0 radical (unpaired) electrons. The van der Waals surface area contributed by atoms with E-state index in [4.69, 9.17) is 13.3 Å². The summed E-state index contributed by atoms with van der Waals surface area (Å²) in [6, 6.07) is 0.937. The number of hydrogen-bond donors (Lipinski definition) is 0. The van der Waals surface area contributed by atoms with Crippen LogP contribution < -0.4 is 0 Å². The van der Waals surface area contributed by atoms with Gasteiger partial charge in [0, 0.05) is 25.9 Å². The van der Waals surface area contributed by atoms with Crippen molar-refractivity contribution in [1.29, 1.82) is 0 Å². The maximum atomic E-state index is 6.20. The molecule has 0 rings (SSSR count). The highest BCUT2D eigenvalue weighted by molar-refractivity contribution is 6.60. The lowest BCUT2D eigenvalue weighted by atomic mass is 9.78. The molecular formula is C20H46N2O3Si. The van der Waals surface area contributed by atoms with Crippen molar-refractivity contribution in [2.75, 3.05) is 61.1 Å². The molecule has 158 valence electrons. The molecule has 0 aliphatic carbocycles. The van der Waals surface area contributed by atoms with Gasteiger partial charge in [-0.05, 0) is 93.1 Å². The molecule has 0 bridgehead atoms. The van der Waals surface area contributed by atoms with Gasteiger partial charge in [-0.15, -0.1) is 0 Å². The fourth-order valence-corrected chi connectivity index (χ4v) is 7.12. The molecule has 6 heteroatoms. The molecule has 0 N–H and O–H groups in total. The van der Waals surface area contributed by atoms with Gasteiger partial charge in [-0.3, -0.25) is 0 Å². The van der Waals surface area contributed by atoms with Crippen molar-refractivity contribution in [1.82, 2.24) is 9.80 Å². The van der Waals surface area contributed by atoms with Crippen LogP contribution in [0.25, 0.3) is 0 Å². The van der Waals surface area contributed by atoms with Crippen LogP contribution in [0.5, 0.6) is 0 Å². The molecule has 0 fully saturated rings. The quantitative estimate of drug-likeness (QED) is 0.349. The van der Waals surface area contributed by atoms with Crippen LogP contribution in [0.15, 0.2) is 0 Å². The summed E-state index contributed by atoms with van der Waals surface area (Å²) in [6.07, 6.45) is 5.97. The normalized spacial score (nSPS) is 13.2. The third kappa shape index (κ3) is 10.4. The minimum Gasteiger partial charge on any atom is -0.374 e. The van der Waals surface area contributed by atoms with Gasteiger partial charge in [0.1, 0.15) is 0 Å². The van der Waals surface area contributed by atoms with E-state index in [1.165, 1.54) is 25.7 Å². The van der Waals surface area contributed by atoms with Crippen molar-refractivity contribution < 1.29 is 13.3 Å². The molecule has 0 spiro atoms. The lowest BCUT2D eigenvalue weighted by Crippen LogP contribution is -2.50. The maximum absolute atomic E-state index is 6.20. The summed E-state index contributed by atoms with van der Waals surface area (Å²) in [5.41, 5.74) is 0.234. The van der Waals surface area contributed by atoms with Crippen molar-refractivity contribution in [2.24, 2.45) is 5.41 Å². The average molecular weight is 391 g/mol. The van der Waals surface area contributed by atoms with Crippen LogP contribution in [0.2, 0.25) is 6.04 Å². The van der Waals surface area contributed by atoms with E-state index >= 15 is 0 Å². The highest BCUT2D eigenvalue weighted by Gasteiger charge is 2.47. The van der Waals surface area contributed by atoms with E-state index in [2.05, 4.69) is 44.9 Å². The Morgan fingerprint density at radius 1 is 0.692 bits per heavy atom. The Kier molecular flexibility index (Phi) is 14.1. The first-order valence-electron chi connectivity index (χ1n) is 10.5. The molecule has 0 saturated carbocycles. The lowest BCUT2D eigenvalue weighted by molar-refractivity contribution is 0.0531. The van der Waals surface area contributed by atoms with E-state index in [1.807, 2.05) is 20.8 Å². The number of hydrogen-bond acceptors (Lipinski definition) is 5. The zero-order valence-corrected chi connectivity index (χ0v) is 19.9. The van der Waals surface area contributed by atoms with Crippen molar-refractivity contribution in [3.63, 3.8) is 0 Å². The molecule has 0 atom stereocenters. The Labute approximate surface area is 164 Å². The largest absolute Gasteiger partial charge is 0.501 e. The average Bonchev–Trinajstić information content (AvgIpc) is 2.54. The summed E-state index contributed by atoms with van der Waals surface area (Å²) in [7, 11) is 5.97. The summed E-state index contributed by atoms with van der Waals surface area (Å²) in [5.74, 6) is 0. The van der Waals surface area contributed by atoms with E-state index in [1.54, 1.807) is 0 Å². The topological polar surface area (TPSA) is 34.2 Å². The first-order chi connectivity index (χ1) is 12.3. The third-order valence-electron chi connectivity index (χ3n) is 5.06. The zero-order chi connectivity index (χ0) is 20.1. The second-order valence-corrected chi connectivity index (χ2v) is 10.4. The van der Waals surface area contributed by atoms with Crippen molar-refractivity contribution >= 4 is 8.80 Å². The molecule has 0 aliphatic heterocycles. The summed E-state index contributed by atoms with van der Waals surface area (Å²) in [4.78, 5) is 4.55. The van der Waals surface area contributed by atoms with Crippen LogP contribution in [0.1, 0.15) is 59.8 Å². The molecule has 0 heterocycles. The van der Waals surface area contributed by atoms with Gasteiger partial charge in [0.05, 0.1) is 0 Å². The highest BCUT2D eigenvalue weighted by Crippen LogP contribution is 2.42. The fourth-order valence-electron chi connectivity index (χ4n) is 3.72. The Morgan fingerprint density at radius 2 is 1.08 bits per heavy atom. The van der Waals surface area contributed by atoms with Gasteiger partial charge in [-0.2, -0.15) is 0 Å². The van der Waals surface area contributed by atoms with E-state index < -0.39 is 8.80 Å². The Hall–Kier alpha value is 0.0169. The standard InChI is InChI=1S/C20H46N2O3Si/c1-9-20(15-13-17-21(5)6,16-14-18-22(7)8)19-26(23-10-2,24-11-3)25-12-4/h9-19H2,1-8H3. The zero-order valence-electron chi connectivity index (χ0n) is 18.9. The summed E-state index contributed by atoms with van der Waals surface area (Å²) >= 11 is 0. The Morgan fingerprint density at radius 3 is 1.35 bits per heavy atom. The Balaban J connectivity index is 5.37. The fraction of sp³-hybridized carbons (Fsp3) is 1.00. The van der Waals surface area contributed by atoms with Gasteiger partial charge in [0.2, 0.25) is 0 Å². The molecule has 0 aliphatic rings. The molecule has 0 unspecified atom stereocenters. The van der Waals surface area contributed by atoms with Crippen LogP contribution in [-0.2, 0) is 13.3 Å². The Bertz CT molecular complexity index is 310.